The minimum absolute atomic E-state index is 0.0657. The number of carbonyl (C=O) groups is 1. The van der Waals surface area contributed by atoms with E-state index in [1.807, 2.05) is 0 Å². The molecule has 0 saturated heterocycles. The van der Waals surface area contributed by atoms with Crippen LogP contribution in [0, 0.1) is 0 Å². The fourth-order valence-corrected chi connectivity index (χ4v) is 1.48. The minimum Gasteiger partial charge on any atom is -0.397 e. The van der Waals surface area contributed by atoms with E-state index in [0.29, 0.717) is 16.4 Å². The molecule has 0 fully saturated rings. The molecule has 20 heavy (non-hydrogen) atoms. The summed E-state index contributed by atoms with van der Waals surface area (Å²) in [6.07, 6.45) is -5.35. The van der Waals surface area contributed by atoms with Gasteiger partial charge in [0.2, 0.25) is 5.91 Å². The van der Waals surface area contributed by atoms with Crippen LogP contribution in [-0.4, -0.2) is 25.3 Å². The molecule has 0 aliphatic rings. The number of anilines is 2. The molecule has 1 aromatic carbocycles. The average molecular weight is 311 g/mol. The molecule has 3 N–H and O–H groups in total. The van der Waals surface area contributed by atoms with E-state index in [-0.39, 0.29) is 13.0 Å². The van der Waals surface area contributed by atoms with E-state index >= 15 is 0 Å². The van der Waals surface area contributed by atoms with Gasteiger partial charge < -0.3 is 15.8 Å². The lowest BCUT2D eigenvalue weighted by Gasteiger charge is -2.09. The third-order valence-electron chi connectivity index (χ3n) is 2.29. The van der Waals surface area contributed by atoms with Gasteiger partial charge in [-0.1, -0.05) is 11.6 Å². The zero-order valence-corrected chi connectivity index (χ0v) is 11.2. The van der Waals surface area contributed by atoms with Gasteiger partial charge in [-0.2, -0.15) is 13.2 Å². The number of alkyl halides is 3. The summed E-state index contributed by atoms with van der Waals surface area (Å²) in [7, 11) is 0. The quantitative estimate of drug-likeness (QED) is 0.626. The van der Waals surface area contributed by atoms with Crippen LogP contribution < -0.4 is 11.1 Å². The van der Waals surface area contributed by atoms with Gasteiger partial charge in [-0.05, 0) is 18.2 Å². The first-order chi connectivity index (χ1) is 9.28. The van der Waals surface area contributed by atoms with Crippen LogP contribution in [0.1, 0.15) is 12.8 Å². The molecular weight excluding hydrogens is 297 g/mol. The van der Waals surface area contributed by atoms with Gasteiger partial charge in [0, 0.05) is 5.02 Å². The van der Waals surface area contributed by atoms with Gasteiger partial charge in [0.05, 0.1) is 37.4 Å². The van der Waals surface area contributed by atoms with Crippen LogP contribution in [0.3, 0.4) is 0 Å². The number of amides is 1. The highest BCUT2D eigenvalue weighted by atomic mass is 35.5. The fraction of sp³-hybridized carbons (Fsp3) is 0.417. The number of ether oxygens (including phenoxy) is 1. The number of halogens is 4. The van der Waals surface area contributed by atoms with E-state index in [9.17, 15) is 18.0 Å². The van der Waals surface area contributed by atoms with Crippen LogP contribution in [0.25, 0.3) is 0 Å². The van der Waals surface area contributed by atoms with Crippen molar-refractivity contribution in [2.75, 3.05) is 24.3 Å². The maximum atomic E-state index is 11.8. The van der Waals surface area contributed by atoms with Gasteiger partial charge in [-0.25, -0.2) is 0 Å². The second-order valence-corrected chi connectivity index (χ2v) is 4.44. The summed E-state index contributed by atoms with van der Waals surface area (Å²) in [4.78, 5) is 11.5. The van der Waals surface area contributed by atoms with Crippen LogP contribution in [0.4, 0.5) is 24.5 Å². The molecule has 0 aliphatic carbocycles. The van der Waals surface area contributed by atoms with Crippen molar-refractivity contribution < 1.29 is 22.7 Å². The molecule has 0 bridgehead atoms. The Balaban J connectivity index is 2.29. The van der Waals surface area contributed by atoms with E-state index in [4.69, 9.17) is 22.1 Å². The highest BCUT2D eigenvalue weighted by molar-refractivity contribution is 6.31. The third-order valence-corrected chi connectivity index (χ3v) is 2.53. The number of carbonyl (C=O) groups excluding carboxylic acids is 1. The van der Waals surface area contributed by atoms with Crippen LogP contribution in [-0.2, 0) is 9.53 Å². The van der Waals surface area contributed by atoms with Gasteiger partial charge in [-0.15, -0.1) is 0 Å². The molecule has 8 heteroatoms. The molecule has 0 radical (unpaired) electrons. The second kappa shape index (κ2) is 7.35. The lowest BCUT2D eigenvalue weighted by atomic mass is 10.2. The Kier molecular flexibility index (Phi) is 6.09. The summed E-state index contributed by atoms with van der Waals surface area (Å²) in [6, 6.07) is 4.60. The lowest BCUT2D eigenvalue weighted by Crippen LogP contribution is -2.17. The van der Waals surface area contributed by atoms with Crippen molar-refractivity contribution in [1.29, 1.82) is 0 Å². The zero-order valence-electron chi connectivity index (χ0n) is 10.5. The number of hydrogen-bond acceptors (Lipinski definition) is 3. The number of rotatable bonds is 6. The summed E-state index contributed by atoms with van der Waals surface area (Å²) in [5.74, 6) is -0.411. The van der Waals surface area contributed by atoms with Gasteiger partial charge >= 0.3 is 6.18 Å². The topological polar surface area (TPSA) is 64.3 Å². The van der Waals surface area contributed by atoms with Gasteiger partial charge in [0.15, 0.2) is 0 Å². The van der Waals surface area contributed by atoms with E-state index < -0.39 is 25.1 Å². The summed E-state index contributed by atoms with van der Waals surface area (Å²) in [5.41, 5.74) is 6.34. The molecule has 1 aromatic rings. The van der Waals surface area contributed by atoms with Crippen molar-refractivity contribution in [1.82, 2.24) is 0 Å². The van der Waals surface area contributed by atoms with Gasteiger partial charge in [-0.3, -0.25) is 4.79 Å². The smallest absolute Gasteiger partial charge is 0.391 e. The van der Waals surface area contributed by atoms with Crippen molar-refractivity contribution >= 4 is 28.9 Å². The van der Waals surface area contributed by atoms with Crippen LogP contribution in [0.5, 0.6) is 0 Å². The number of nitrogen functional groups attached to an aromatic ring is 1. The molecule has 0 heterocycles. The average Bonchev–Trinajstić information content (AvgIpc) is 2.32. The van der Waals surface area contributed by atoms with Crippen molar-refractivity contribution in [2.45, 2.75) is 19.0 Å². The summed E-state index contributed by atoms with van der Waals surface area (Å²) in [6.45, 7) is -0.557. The van der Waals surface area contributed by atoms with Gasteiger partial charge in [0.1, 0.15) is 0 Å². The first-order valence-electron chi connectivity index (χ1n) is 5.77. The van der Waals surface area contributed by atoms with Crippen LogP contribution in [0.15, 0.2) is 18.2 Å². The standard InChI is InChI=1S/C12H14ClF3N2O2/c13-8-1-2-9(17)10(7-8)18-11(19)3-5-20-6-4-12(14,15)16/h1-2,7H,3-6,17H2,(H,18,19). The van der Waals surface area contributed by atoms with Crippen molar-refractivity contribution in [3.8, 4) is 0 Å². The Morgan fingerprint density at radius 3 is 2.70 bits per heavy atom. The fourth-order valence-electron chi connectivity index (χ4n) is 1.30. The molecule has 0 aliphatic heterocycles. The minimum atomic E-state index is -4.25. The maximum Gasteiger partial charge on any atom is 0.391 e. The third kappa shape index (κ3) is 6.63. The number of hydrogen-bond donors (Lipinski definition) is 2. The Bertz CT molecular complexity index is 467. The highest BCUT2D eigenvalue weighted by Crippen LogP contribution is 2.23. The maximum absolute atomic E-state index is 11.8. The molecule has 4 nitrogen and oxygen atoms in total. The van der Waals surface area contributed by atoms with E-state index in [1.165, 1.54) is 12.1 Å². The molecule has 0 aromatic heterocycles. The largest absolute Gasteiger partial charge is 0.397 e. The molecule has 112 valence electrons. The molecule has 0 spiro atoms. The van der Waals surface area contributed by atoms with E-state index in [0.717, 1.165) is 0 Å². The van der Waals surface area contributed by atoms with E-state index in [2.05, 4.69) is 5.32 Å². The Morgan fingerprint density at radius 2 is 2.05 bits per heavy atom. The Morgan fingerprint density at radius 1 is 1.35 bits per heavy atom. The molecule has 1 amide bonds. The number of nitrogens with two attached hydrogens (primary N) is 1. The number of nitrogens with one attached hydrogen (secondary N) is 1. The molecule has 0 unspecified atom stereocenters. The monoisotopic (exact) mass is 310 g/mol. The van der Waals surface area contributed by atoms with Gasteiger partial charge in [0.25, 0.3) is 0 Å². The SMILES string of the molecule is Nc1ccc(Cl)cc1NC(=O)CCOCCC(F)(F)F. The Labute approximate surface area is 119 Å². The summed E-state index contributed by atoms with van der Waals surface area (Å²) < 4.78 is 40.2. The highest BCUT2D eigenvalue weighted by Gasteiger charge is 2.26. The molecule has 1 rings (SSSR count). The Hall–Kier alpha value is -1.47. The normalized spacial score (nSPS) is 11.4. The van der Waals surface area contributed by atoms with Crippen molar-refractivity contribution in [2.24, 2.45) is 0 Å². The first-order valence-corrected chi connectivity index (χ1v) is 6.15. The lowest BCUT2D eigenvalue weighted by molar-refractivity contribution is -0.145. The summed E-state index contributed by atoms with van der Waals surface area (Å²) in [5, 5.41) is 2.92. The van der Waals surface area contributed by atoms with Crippen molar-refractivity contribution in [3.63, 3.8) is 0 Å². The molecular formula is C12H14ClF3N2O2. The van der Waals surface area contributed by atoms with Crippen molar-refractivity contribution in [3.05, 3.63) is 23.2 Å². The first kappa shape index (κ1) is 16.6. The molecule has 0 atom stereocenters. The predicted octanol–water partition coefficient (Wildman–Crippen LogP) is 3.22. The second-order valence-electron chi connectivity index (χ2n) is 4.01. The summed E-state index contributed by atoms with van der Waals surface area (Å²) >= 11 is 5.75. The van der Waals surface area contributed by atoms with Crippen LogP contribution in [0.2, 0.25) is 5.02 Å². The predicted molar refractivity (Wildman–Crippen MR) is 70.6 cm³/mol. The molecule has 0 saturated carbocycles. The van der Waals surface area contributed by atoms with E-state index in [1.54, 1.807) is 6.07 Å². The number of benzene rings is 1. The van der Waals surface area contributed by atoms with Crippen LogP contribution >= 0.6 is 11.6 Å². The zero-order chi connectivity index (χ0) is 15.2.